The molecule has 1 nitrogen and oxygen atoms in total. The Balaban J connectivity index is 1.48. The van der Waals surface area contributed by atoms with Crippen molar-refractivity contribution in [2.75, 3.05) is 19.6 Å². The number of hydrogen-bond acceptors (Lipinski definition) is 1. The molecule has 1 aliphatic rings. The number of nitrogens with zero attached hydrogens (tertiary/aromatic N) is 1. The van der Waals surface area contributed by atoms with Gasteiger partial charge in [-0.1, -0.05) is 93.8 Å². The number of rotatable bonds is 16. The Morgan fingerprint density at radius 3 is 2.14 bits per heavy atom. The van der Waals surface area contributed by atoms with E-state index in [4.69, 9.17) is 0 Å². The predicted molar refractivity (Wildman–Crippen MR) is 158 cm³/mol. The van der Waals surface area contributed by atoms with Gasteiger partial charge in [0, 0.05) is 0 Å². The van der Waals surface area contributed by atoms with E-state index in [-0.39, 0.29) is 0 Å². The van der Waals surface area contributed by atoms with Crippen LogP contribution < -0.4 is 0 Å². The van der Waals surface area contributed by atoms with Gasteiger partial charge in [0.05, 0.1) is 0 Å². The van der Waals surface area contributed by atoms with Gasteiger partial charge in [0.25, 0.3) is 0 Å². The van der Waals surface area contributed by atoms with E-state index in [1.165, 1.54) is 104 Å². The van der Waals surface area contributed by atoms with Crippen molar-refractivity contribution in [2.45, 2.75) is 90.3 Å². The van der Waals surface area contributed by atoms with Crippen molar-refractivity contribution in [1.29, 1.82) is 0 Å². The summed E-state index contributed by atoms with van der Waals surface area (Å²) in [7, 11) is 1.12. The van der Waals surface area contributed by atoms with E-state index in [9.17, 15) is 0 Å². The van der Waals surface area contributed by atoms with Gasteiger partial charge in [-0.25, -0.2) is 0 Å². The summed E-state index contributed by atoms with van der Waals surface area (Å²) >= 11 is 0. The molecule has 1 heterocycles. The zero-order valence-electron chi connectivity index (χ0n) is 22.7. The van der Waals surface area contributed by atoms with E-state index in [0.717, 1.165) is 26.5 Å². The normalized spacial score (nSPS) is 14.7. The molecule has 0 radical (unpaired) electrons. The first kappa shape index (κ1) is 27.5. The van der Waals surface area contributed by atoms with Crippen LogP contribution in [0.25, 0.3) is 5.57 Å². The maximum Gasteiger partial charge on any atom is 0.161 e. The number of aryl methyl sites for hydroxylation is 2. The average Bonchev–Trinajstić information content (AvgIpc) is 3.40. The monoisotopic (exact) mass is 469 g/mol. The summed E-state index contributed by atoms with van der Waals surface area (Å²) in [6, 6.07) is 18.5. The van der Waals surface area contributed by atoms with Crippen molar-refractivity contribution in [3.05, 3.63) is 89.4 Å². The van der Waals surface area contributed by atoms with Crippen LogP contribution in [-0.4, -0.2) is 31.8 Å². The molecule has 188 valence electrons. The molecule has 2 heteroatoms. The molecule has 3 rings (SSSR count). The second-order valence-electron chi connectivity index (χ2n) is 10.7. The molecule has 1 fully saturated rings. The molecular formula is C33H48BN. The van der Waals surface area contributed by atoms with Gasteiger partial charge in [0.15, 0.2) is 7.28 Å². The summed E-state index contributed by atoms with van der Waals surface area (Å²) in [5.74, 6) is 0.567. The van der Waals surface area contributed by atoms with Crippen LogP contribution in [0.15, 0.2) is 67.2 Å². The highest BCUT2D eigenvalue weighted by Gasteiger charge is 2.21. The Bertz CT molecular complexity index is 890. The summed E-state index contributed by atoms with van der Waals surface area (Å²) in [5, 5.41) is 0. The number of hydrogen-bond donors (Lipinski definition) is 0. The van der Waals surface area contributed by atoms with Crippen molar-refractivity contribution < 1.29 is 0 Å². The molecule has 0 amide bonds. The summed E-state index contributed by atoms with van der Waals surface area (Å²) in [6.45, 7) is 17.0. The molecule has 1 aliphatic heterocycles. The van der Waals surface area contributed by atoms with Crippen LogP contribution in [0.2, 0.25) is 0 Å². The molecule has 0 spiro atoms. The van der Waals surface area contributed by atoms with Crippen LogP contribution in [0.3, 0.4) is 0 Å². The Labute approximate surface area is 217 Å². The first-order valence-corrected chi connectivity index (χ1v) is 14.3. The van der Waals surface area contributed by atoms with Crippen molar-refractivity contribution in [2.24, 2.45) is 0 Å². The maximum absolute atomic E-state index is 4.52. The molecular weight excluding hydrogens is 421 g/mol. The van der Waals surface area contributed by atoms with Crippen molar-refractivity contribution >= 4 is 12.9 Å². The van der Waals surface area contributed by atoms with Crippen LogP contribution in [-0.2, 0) is 12.8 Å². The largest absolute Gasteiger partial charge is 0.303 e. The van der Waals surface area contributed by atoms with Gasteiger partial charge in [-0.05, 0) is 99.1 Å². The van der Waals surface area contributed by atoms with Gasteiger partial charge < -0.3 is 4.90 Å². The summed E-state index contributed by atoms with van der Waals surface area (Å²) in [6.07, 6.45) is 13.6. The molecule has 35 heavy (non-hydrogen) atoms. The Morgan fingerprint density at radius 1 is 0.829 bits per heavy atom. The van der Waals surface area contributed by atoms with Crippen molar-refractivity contribution in [3.63, 3.8) is 0 Å². The fourth-order valence-corrected chi connectivity index (χ4v) is 5.38. The van der Waals surface area contributed by atoms with Crippen LogP contribution in [0.4, 0.5) is 0 Å². The van der Waals surface area contributed by atoms with Gasteiger partial charge in [-0.3, -0.25) is 0 Å². The Hall–Kier alpha value is -2.06. The molecule has 0 aromatic heterocycles. The molecule has 0 N–H and O–H groups in total. The van der Waals surface area contributed by atoms with Crippen LogP contribution in [0, 0.1) is 0 Å². The molecule has 0 bridgehead atoms. The standard InChI is InChI=1S/C33H48BN/c1-5-7-8-15-30-18-22-32(23-19-30)33(26-35-24-11-12-25-35)34-28(4)14-10-9-13-27(3)31-20-16-29(6-2)17-21-31/h16-23,33-34H,3-15,24-26H2,1-2H3. The summed E-state index contributed by atoms with van der Waals surface area (Å²) < 4.78 is 0. The number of benzene rings is 2. The quantitative estimate of drug-likeness (QED) is 0.176. The van der Waals surface area contributed by atoms with Crippen LogP contribution in [0.1, 0.15) is 99.7 Å². The first-order valence-electron chi connectivity index (χ1n) is 14.3. The number of likely N-dealkylation sites (tertiary alicyclic amines) is 1. The van der Waals surface area contributed by atoms with E-state index < -0.39 is 0 Å². The lowest BCUT2D eigenvalue weighted by Crippen LogP contribution is -2.29. The zero-order chi connectivity index (χ0) is 24.9. The highest BCUT2D eigenvalue weighted by Crippen LogP contribution is 2.25. The van der Waals surface area contributed by atoms with Gasteiger partial charge in [-0.2, -0.15) is 0 Å². The van der Waals surface area contributed by atoms with E-state index in [1.807, 2.05) is 0 Å². The van der Waals surface area contributed by atoms with Gasteiger partial charge in [0.2, 0.25) is 0 Å². The van der Waals surface area contributed by atoms with Crippen molar-refractivity contribution in [1.82, 2.24) is 4.90 Å². The second-order valence-corrected chi connectivity index (χ2v) is 10.7. The molecule has 1 unspecified atom stereocenters. The number of unbranched alkanes of at least 4 members (excludes halogenated alkanes) is 3. The van der Waals surface area contributed by atoms with E-state index in [1.54, 1.807) is 0 Å². The molecule has 2 aromatic carbocycles. The average molecular weight is 470 g/mol. The third kappa shape index (κ3) is 9.49. The Kier molecular flexibility index (Phi) is 11.9. The smallest absolute Gasteiger partial charge is 0.161 e. The van der Waals surface area contributed by atoms with Gasteiger partial charge in [0.1, 0.15) is 0 Å². The van der Waals surface area contributed by atoms with Crippen molar-refractivity contribution in [3.8, 4) is 0 Å². The second kappa shape index (κ2) is 15.1. The third-order valence-corrected chi connectivity index (χ3v) is 7.76. The molecule has 0 aliphatic carbocycles. The third-order valence-electron chi connectivity index (χ3n) is 7.76. The Morgan fingerprint density at radius 2 is 1.49 bits per heavy atom. The lowest BCUT2D eigenvalue weighted by Gasteiger charge is -2.24. The lowest BCUT2D eigenvalue weighted by atomic mass is 9.55. The minimum atomic E-state index is 0.567. The fourth-order valence-electron chi connectivity index (χ4n) is 5.38. The molecule has 1 atom stereocenters. The molecule has 2 aromatic rings. The van der Waals surface area contributed by atoms with Crippen LogP contribution in [0.5, 0.6) is 0 Å². The summed E-state index contributed by atoms with van der Waals surface area (Å²) in [5.41, 5.74) is 8.37. The highest BCUT2D eigenvalue weighted by atomic mass is 15.1. The number of allylic oxidation sites excluding steroid dienone is 2. The van der Waals surface area contributed by atoms with E-state index in [2.05, 4.69) is 80.4 Å². The van der Waals surface area contributed by atoms with E-state index in [0.29, 0.717) is 5.82 Å². The zero-order valence-corrected chi connectivity index (χ0v) is 22.7. The fraction of sp³-hybridized carbons (Fsp3) is 0.515. The SMILES string of the molecule is C=C(BC(CN1CCCC1)c1ccc(CCCCC)cc1)CCCCC(=C)c1ccc(CC)cc1. The van der Waals surface area contributed by atoms with Gasteiger partial charge in [-0.15, -0.1) is 12.1 Å². The predicted octanol–water partition coefficient (Wildman–Crippen LogP) is 8.34. The summed E-state index contributed by atoms with van der Waals surface area (Å²) in [4.78, 5) is 2.67. The highest BCUT2D eigenvalue weighted by molar-refractivity contribution is 6.47. The minimum absolute atomic E-state index is 0.567. The van der Waals surface area contributed by atoms with E-state index >= 15 is 0 Å². The maximum atomic E-state index is 4.52. The van der Waals surface area contributed by atoms with Crippen LogP contribution >= 0.6 is 0 Å². The topological polar surface area (TPSA) is 3.24 Å². The molecule has 1 saturated heterocycles. The lowest BCUT2D eigenvalue weighted by molar-refractivity contribution is 0.338. The minimum Gasteiger partial charge on any atom is -0.303 e. The van der Waals surface area contributed by atoms with Gasteiger partial charge >= 0.3 is 0 Å². The first-order chi connectivity index (χ1) is 17.1. The molecule has 0 saturated carbocycles.